The Bertz CT molecular complexity index is 610. The predicted octanol–water partition coefficient (Wildman–Crippen LogP) is 7.48. The number of carbonyl (C=O) groups excluding carboxylic acids is 2. The maximum atomic E-state index is 12.1. The minimum Gasteiger partial charge on any atom is -0.305 e. The van der Waals surface area contributed by atoms with Crippen molar-refractivity contribution >= 4 is 17.4 Å². The van der Waals surface area contributed by atoms with Gasteiger partial charge in [0.1, 0.15) is 0 Å². The van der Waals surface area contributed by atoms with Gasteiger partial charge in [-0.2, -0.15) is 0 Å². The largest absolute Gasteiger partial charge is 0.305 e. The summed E-state index contributed by atoms with van der Waals surface area (Å²) in [5, 5.41) is 0. The van der Waals surface area contributed by atoms with E-state index in [1.807, 2.05) is 18.2 Å². The van der Waals surface area contributed by atoms with Crippen molar-refractivity contribution in [2.24, 2.45) is 0 Å². The van der Waals surface area contributed by atoms with Crippen molar-refractivity contribution in [3.05, 3.63) is 29.8 Å². The van der Waals surface area contributed by atoms with Crippen molar-refractivity contribution in [3.8, 4) is 0 Å². The number of unbranched alkanes of at least 4 members (excludes halogenated alkanes) is 15. The molecular weight excluding hydrogens is 358 g/mol. The van der Waals surface area contributed by atoms with Crippen LogP contribution in [0.15, 0.2) is 24.3 Å². The van der Waals surface area contributed by atoms with E-state index < -0.39 is 0 Å². The number of hydrogen-bond donors (Lipinski definition) is 0. The average Bonchev–Trinajstić information content (AvgIpc) is 2.98. The number of rotatable bonds is 17. The highest BCUT2D eigenvalue weighted by Gasteiger charge is 2.34. The zero-order valence-electron chi connectivity index (χ0n) is 18.6. The van der Waals surface area contributed by atoms with Crippen LogP contribution in [0.5, 0.6) is 0 Å². The molecule has 1 aromatic rings. The van der Waals surface area contributed by atoms with Gasteiger partial charge in [0.15, 0.2) is 0 Å². The molecule has 1 amide bonds. The van der Waals surface area contributed by atoms with E-state index in [1.165, 1.54) is 89.9 Å². The van der Waals surface area contributed by atoms with Crippen LogP contribution in [0.3, 0.4) is 0 Å². The molecule has 3 heteroatoms. The smallest absolute Gasteiger partial charge is 0.299 e. The first-order chi connectivity index (χ1) is 14.3. The van der Waals surface area contributed by atoms with Gasteiger partial charge in [-0.1, -0.05) is 115 Å². The van der Waals surface area contributed by atoms with E-state index in [1.54, 1.807) is 11.0 Å². The third-order valence-electron chi connectivity index (χ3n) is 6.11. The Morgan fingerprint density at radius 2 is 1.07 bits per heavy atom. The lowest BCUT2D eigenvalue weighted by atomic mass is 10.0. The van der Waals surface area contributed by atoms with Gasteiger partial charge in [-0.25, -0.2) is 0 Å². The van der Waals surface area contributed by atoms with Crippen molar-refractivity contribution in [1.82, 2.24) is 0 Å². The molecule has 1 aliphatic rings. The Labute approximate surface area is 178 Å². The number of amides is 1. The van der Waals surface area contributed by atoms with Crippen molar-refractivity contribution in [2.75, 3.05) is 11.4 Å². The van der Waals surface area contributed by atoms with Gasteiger partial charge in [0.2, 0.25) is 0 Å². The van der Waals surface area contributed by atoms with Crippen LogP contribution in [-0.2, 0) is 4.79 Å². The molecule has 2 rings (SSSR count). The lowest BCUT2D eigenvalue weighted by molar-refractivity contribution is -0.114. The second kappa shape index (κ2) is 14.4. The fourth-order valence-electron chi connectivity index (χ4n) is 4.29. The zero-order chi connectivity index (χ0) is 20.7. The fraction of sp³-hybridized carbons (Fsp3) is 0.692. The summed E-state index contributed by atoms with van der Waals surface area (Å²) in [5.41, 5.74) is 1.36. The maximum Gasteiger partial charge on any atom is 0.299 e. The van der Waals surface area contributed by atoms with Crippen LogP contribution in [0, 0.1) is 0 Å². The number of carbonyl (C=O) groups is 2. The second-order valence-electron chi connectivity index (χ2n) is 8.61. The lowest BCUT2D eigenvalue weighted by Gasteiger charge is -2.16. The molecule has 3 nitrogen and oxygen atoms in total. The summed E-state index contributed by atoms with van der Waals surface area (Å²) in [7, 11) is 0. The molecule has 0 bridgehead atoms. The van der Waals surface area contributed by atoms with E-state index in [0.29, 0.717) is 12.1 Å². The summed E-state index contributed by atoms with van der Waals surface area (Å²) in [5.74, 6) is -0.704. The quantitative estimate of drug-likeness (QED) is 0.201. The van der Waals surface area contributed by atoms with E-state index in [0.717, 1.165) is 18.5 Å². The summed E-state index contributed by atoms with van der Waals surface area (Å²) in [6.07, 6.45) is 21.4. The van der Waals surface area contributed by atoms with Crippen LogP contribution in [0.4, 0.5) is 5.69 Å². The van der Waals surface area contributed by atoms with Gasteiger partial charge in [-0.05, 0) is 18.6 Å². The predicted molar refractivity (Wildman–Crippen MR) is 123 cm³/mol. The van der Waals surface area contributed by atoms with Gasteiger partial charge in [0, 0.05) is 6.54 Å². The molecular formula is C26H41NO2. The van der Waals surface area contributed by atoms with Crippen molar-refractivity contribution in [1.29, 1.82) is 0 Å². The van der Waals surface area contributed by atoms with Crippen LogP contribution in [0.25, 0.3) is 0 Å². The number of anilines is 1. The molecule has 29 heavy (non-hydrogen) atoms. The number of Topliss-reactive ketones (excluding diaryl/α,β-unsaturated/α-hetero) is 1. The van der Waals surface area contributed by atoms with Gasteiger partial charge in [0.25, 0.3) is 11.7 Å². The number of fused-ring (bicyclic) bond motifs is 1. The molecule has 0 saturated heterocycles. The lowest BCUT2D eigenvalue weighted by Crippen LogP contribution is -2.30. The molecule has 0 fully saturated rings. The Morgan fingerprint density at radius 3 is 1.59 bits per heavy atom. The van der Waals surface area contributed by atoms with Crippen LogP contribution in [-0.4, -0.2) is 18.2 Å². The van der Waals surface area contributed by atoms with Crippen molar-refractivity contribution in [3.63, 3.8) is 0 Å². The number of para-hydroxylation sites is 1. The highest BCUT2D eigenvalue weighted by Crippen LogP contribution is 2.28. The molecule has 0 saturated carbocycles. The molecule has 1 heterocycles. The molecule has 0 radical (unpaired) electrons. The van der Waals surface area contributed by atoms with Gasteiger partial charge in [0.05, 0.1) is 11.3 Å². The molecule has 0 unspecified atom stereocenters. The number of nitrogens with zero attached hydrogens (tertiary/aromatic N) is 1. The van der Waals surface area contributed by atoms with Gasteiger partial charge in [-0.15, -0.1) is 0 Å². The van der Waals surface area contributed by atoms with Crippen molar-refractivity contribution in [2.45, 2.75) is 110 Å². The Balaban J connectivity index is 1.39. The Morgan fingerprint density at radius 1 is 0.621 bits per heavy atom. The molecule has 0 aromatic heterocycles. The number of benzene rings is 1. The zero-order valence-corrected chi connectivity index (χ0v) is 18.6. The van der Waals surface area contributed by atoms with Crippen LogP contribution in [0.1, 0.15) is 120 Å². The molecule has 0 spiro atoms. The third-order valence-corrected chi connectivity index (χ3v) is 6.11. The van der Waals surface area contributed by atoms with E-state index in [2.05, 4.69) is 6.92 Å². The standard InChI is InChI=1S/C26H41NO2/c1-2-3-4-5-6-7-8-9-10-11-12-13-14-15-16-19-22-27-24-21-18-17-20-23(24)25(28)26(27)29/h17-18,20-21H,2-16,19,22H2,1H3. The first-order valence-corrected chi connectivity index (χ1v) is 12.2. The second-order valence-corrected chi connectivity index (χ2v) is 8.61. The van der Waals surface area contributed by atoms with E-state index in [4.69, 9.17) is 0 Å². The SMILES string of the molecule is CCCCCCCCCCCCCCCCCCN1C(=O)C(=O)c2ccccc21. The average molecular weight is 400 g/mol. The van der Waals surface area contributed by atoms with Gasteiger partial charge >= 0.3 is 0 Å². The van der Waals surface area contributed by atoms with E-state index >= 15 is 0 Å². The fourth-order valence-corrected chi connectivity index (χ4v) is 4.29. The van der Waals surface area contributed by atoms with Crippen molar-refractivity contribution < 1.29 is 9.59 Å². The number of hydrogen-bond acceptors (Lipinski definition) is 2. The molecule has 0 aliphatic carbocycles. The topological polar surface area (TPSA) is 37.4 Å². The van der Waals surface area contributed by atoms with Gasteiger partial charge in [-0.3, -0.25) is 9.59 Å². The maximum absolute atomic E-state index is 12.1. The van der Waals surface area contributed by atoms with E-state index in [-0.39, 0.29) is 11.7 Å². The summed E-state index contributed by atoms with van der Waals surface area (Å²) >= 11 is 0. The summed E-state index contributed by atoms with van der Waals surface area (Å²) in [6.45, 7) is 2.94. The summed E-state index contributed by atoms with van der Waals surface area (Å²) in [6, 6.07) is 7.35. The normalized spacial score (nSPS) is 13.3. The highest BCUT2D eigenvalue weighted by molar-refractivity contribution is 6.52. The van der Waals surface area contributed by atoms with Gasteiger partial charge < -0.3 is 4.90 Å². The molecule has 162 valence electrons. The van der Waals surface area contributed by atoms with Crippen LogP contribution >= 0.6 is 0 Å². The minimum absolute atomic E-state index is 0.350. The van der Waals surface area contributed by atoms with Crippen LogP contribution < -0.4 is 4.90 Å². The molecule has 0 atom stereocenters. The first kappa shape index (κ1) is 23.6. The highest BCUT2D eigenvalue weighted by atomic mass is 16.2. The molecule has 1 aliphatic heterocycles. The Hall–Kier alpha value is -1.64. The molecule has 0 N–H and O–H groups in total. The molecule has 1 aromatic carbocycles. The minimum atomic E-state index is -0.354. The summed E-state index contributed by atoms with van der Waals surface area (Å²) < 4.78 is 0. The van der Waals surface area contributed by atoms with Crippen LogP contribution in [0.2, 0.25) is 0 Å². The third kappa shape index (κ3) is 8.32. The first-order valence-electron chi connectivity index (χ1n) is 12.2. The monoisotopic (exact) mass is 399 g/mol. The Kier molecular flexibility index (Phi) is 11.7. The number of ketones is 1. The summed E-state index contributed by atoms with van der Waals surface area (Å²) in [4.78, 5) is 25.8. The van der Waals surface area contributed by atoms with E-state index in [9.17, 15) is 9.59 Å².